The average Bonchev–Trinajstić information content (AvgIpc) is 2.82. The maximum absolute atomic E-state index is 14.6. The van der Waals surface area contributed by atoms with Gasteiger partial charge in [0.05, 0.1) is 5.69 Å². The molecular formula is C26H32FN3O4S. The van der Waals surface area contributed by atoms with Gasteiger partial charge < -0.3 is 10.6 Å². The first-order valence-electron chi connectivity index (χ1n) is 11.8. The maximum atomic E-state index is 14.6. The number of halogens is 1. The van der Waals surface area contributed by atoms with Gasteiger partial charge in [0.2, 0.25) is 17.7 Å². The first kappa shape index (κ1) is 26.5. The van der Waals surface area contributed by atoms with E-state index in [4.69, 9.17) is 0 Å². The van der Waals surface area contributed by atoms with Crippen LogP contribution in [0.5, 0.6) is 0 Å². The molecule has 1 aliphatic rings. The van der Waals surface area contributed by atoms with Crippen LogP contribution in [-0.4, -0.2) is 45.5 Å². The fourth-order valence-corrected chi connectivity index (χ4v) is 5.01. The van der Waals surface area contributed by atoms with Crippen LogP contribution in [0.1, 0.15) is 44.6 Å². The van der Waals surface area contributed by atoms with Gasteiger partial charge >= 0.3 is 0 Å². The van der Waals surface area contributed by atoms with Gasteiger partial charge in [-0.05, 0) is 51.0 Å². The van der Waals surface area contributed by atoms with Gasteiger partial charge in [0.1, 0.15) is 23.4 Å². The quantitative estimate of drug-likeness (QED) is 0.548. The van der Waals surface area contributed by atoms with E-state index in [1.54, 1.807) is 18.2 Å². The minimum Gasteiger partial charge on any atom is -0.352 e. The van der Waals surface area contributed by atoms with Crippen molar-refractivity contribution in [1.82, 2.24) is 5.32 Å². The first-order valence-corrected chi connectivity index (χ1v) is 13.3. The molecule has 3 rings (SSSR count). The Labute approximate surface area is 207 Å². The minimum atomic E-state index is -1.85. The molecule has 0 heterocycles. The minimum absolute atomic E-state index is 0.0240. The second-order valence-corrected chi connectivity index (χ2v) is 10.3. The van der Waals surface area contributed by atoms with Crippen LogP contribution in [0.2, 0.25) is 0 Å². The summed E-state index contributed by atoms with van der Waals surface area (Å²) in [5.41, 5.74) is 1.53. The van der Waals surface area contributed by atoms with E-state index in [0.29, 0.717) is 5.69 Å². The number of hydrogen-bond donors (Lipinski definition) is 2. The third kappa shape index (κ3) is 7.71. The van der Waals surface area contributed by atoms with Crippen molar-refractivity contribution in [2.75, 3.05) is 21.7 Å². The highest BCUT2D eigenvalue weighted by molar-refractivity contribution is 7.86. The Hall–Kier alpha value is -3.07. The Morgan fingerprint density at radius 2 is 1.69 bits per heavy atom. The van der Waals surface area contributed by atoms with Gasteiger partial charge in [-0.3, -0.25) is 23.5 Å². The van der Waals surface area contributed by atoms with Crippen LogP contribution in [0.25, 0.3) is 0 Å². The van der Waals surface area contributed by atoms with Gasteiger partial charge in [-0.2, -0.15) is 0 Å². The molecule has 0 unspecified atom stereocenters. The molecule has 0 bridgehead atoms. The monoisotopic (exact) mass is 501 g/mol. The van der Waals surface area contributed by atoms with E-state index < -0.39 is 51.9 Å². The Bertz CT molecular complexity index is 1070. The molecule has 0 aliphatic heterocycles. The molecule has 2 N–H and O–H groups in total. The average molecular weight is 502 g/mol. The topological polar surface area (TPSA) is 95.6 Å². The van der Waals surface area contributed by atoms with Crippen LogP contribution in [0, 0.1) is 12.7 Å². The Morgan fingerprint density at radius 1 is 1.03 bits per heavy atom. The van der Waals surface area contributed by atoms with Crippen molar-refractivity contribution in [2.24, 2.45) is 0 Å². The molecule has 7 nitrogen and oxygen atoms in total. The fourth-order valence-electron chi connectivity index (χ4n) is 4.13. The Morgan fingerprint density at radius 3 is 2.34 bits per heavy atom. The third-order valence-electron chi connectivity index (χ3n) is 6.01. The summed E-state index contributed by atoms with van der Waals surface area (Å²) < 4.78 is 27.3. The normalized spacial score (nSPS) is 15.6. The molecule has 0 radical (unpaired) electrons. The van der Waals surface area contributed by atoms with Crippen LogP contribution >= 0.6 is 0 Å². The van der Waals surface area contributed by atoms with Crippen LogP contribution in [0.3, 0.4) is 0 Å². The number of aryl methyl sites for hydroxylation is 1. The summed E-state index contributed by atoms with van der Waals surface area (Å²) in [6.45, 7) is 3.44. The van der Waals surface area contributed by atoms with Gasteiger partial charge in [-0.25, -0.2) is 4.39 Å². The summed E-state index contributed by atoms with van der Waals surface area (Å²) in [6, 6.07) is 11.8. The van der Waals surface area contributed by atoms with E-state index in [-0.39, 0.29) is 11.7 Å². The molecular weight excluding hydrogens is 469 g/mol. The molecule has 2 atom stereocenters. The molecule has 1 aliphatic carbocycles. The lowest BCUT2D eigenvalue weighted by Crippen LogP contribution is -2.52. The standard InChI is InChI=1S/C26H32FN3O4S/c1-18-12-14-21(15-13-18)28-24(31)16-35(34)17-25(32)30(23-11-7-6-10-22(23)27)19(2)26(33)29-20-8-4-3-5-9-20/h6-7,10-15,19-20H,3-5,8-9,16-17H2,1-2H3,(H,28,31)(H,29,33)/t19-,35-/m0/s1. The zero-order valence-electron chi connectivity index (χ0n) is 20.1. The van der Waals surface area contributed by atoms with Crippen molar-refractivity contribution in [3.8, 4) is 0 Å². The van der Waals surface area contributed by atoms with Crippen molar-refractivity contribution < 1.29 is 23.0 Å². The maximum Gasteiger partial charge on any atom is 0.243 e. The lowest BCUT2D eigenvalue weighted by atomic mass is 9.95. The molecule has 0 aromatic heterocycles. The highest BCUT2D eigenvalue weighted by Gasteiger charge is 2.31. The van der Waals surface area contributed by atoms with Gasteiger partial charge in [0.25, 0.3) is 0 Å². The number of nitrogens with zero attached hydrogens (tertiary/aromatic N) is 1. The van der Waals surface area contributed by atoms with Gasteiger partial charge in [0, 0.05) is 22.5 Å². The molecule has 0 saturated heterocycles. The zero-order valence-corrected chi connectivity index (χ0v) is 20.9. The highest BCUT2D eigenvalue weighted by Crippen LogP contribution is 2.23. The van der Waals surface area contributed by atoms with Gasteiger partial charge in [0.15, 0.2) is 0 Å². The van der Waals surface area contributed by atoms with E-state index in [1.807, 2.05) is 19.1 Å². The predicted molar refractivity (Wildman–Crippen MR) is 136 cm³/mol. The smallest absolute Gasteiger partial charge is 0.243 e. The predicted octanol–water partition coefficient (Wildman–Crippen LogP) is 3.69. The molecule has 2 aromatic rings. The van der Waals surface area contributed by atoms with Crippen LogP contribution in [-0.2, 0) is 25.2 Å². The second-order valence-electron chi connectivity index (χ2n) is 8.88. The molecule has 0 spiro atoms. The van der Waals surface area contributed by atoms with Crippen molar-refractivity contribution in [3.63, 3.8) is 0 Å². The Kier molecular flexibility index (Phi) is 9.54. The largest absolute Gasteiger partial charge is 0.352 e. The number of carbonyl (C=O) groups excluding carboxylic acids is 3. The molecule has 35 heavy (non-hydrogen) atoms. The fraction of sp³-hybridized carbons (Fsp3) is 0.423. The lowest BCUT2D eigenvalue weighted by Gasteiger charge is -2.31. The van der Waals surface area contributed by atoms with E-state index in [0.717, 1.165) is 42.6 Å². The van der Waals surface area contributed by atoms with E-state index in [2.05, 4.69) is 10.6 Å². The highest BCUT2D eigenvalue weighted by atomic mass is 32.2. The second kappa shape index (κ2) is 12.6. The van der Waals surface area contributed by atoms with Crippen LogP contribution < -0.4 is 15.5 Å². The van der Waals surface area contributed by atoms with Gasteiger partial charge in [-0.1, -0.05) is 49.1 Å². The summed E-state index contributed by atoms with van der Waals surface area (Å²) in [7, 11) is -1.85. The first-order chi connectivity index (χ1) is 16.7. The number of benzene rings is 2. The summed E-state index contributed by atoms with van der Waals surface area (Å²) in [6.07, 6.45) is 4.92. The van der Waals surface area contributed by atoms with Crippen LogP contribution in [0.15, 0.2) is 48.5 Å². The van der Waals surface area contributed by atoms with Crippen molar-refractivity contribution in [3.05, 3.63) is 59.9 Å². The van der Waals surface area contributed by atoms with E-state index >= 15 is 0 Å². The molecule has 188 valence electrons. The van der Waals surface area contributed by atoms with Crippen molar-refractivity contribution >= 4 is 39.9 Å². The summed E-state index contributed by atoms with van der Waals surface area (Å²) >= 11 is 0. The molecule has 1 fully saturated rings. The molecule has 9 heteroatoms. The SMILES string of the molecule is Cc1ccc(NC(=O)C[S@](=O)CC(=O)N(c2ccccc2F)[C@@H](C)C(=O)NC2CCCCC2)cc1. The van der Waals surface area contributed by atoms with Crippen molar-refractivity contribution in [1.29, 1.82) is 0 Å². The third-order valence-corrected chi connectivity index (χ3v) is 7.16. The lowest BCUT2D eigenvalue weighted by molar-refractivity contribution is -0.126. The number of para-hydroxylation sites is 1. The zero-order chi connectivity index (χ0) is 25.4. The van der Waals surface area contributed by atoms with Gasteiger partial charge in [-0.15, -0.1) is 0 Å². The number of amides is 3. The summed E-state index contributed by atoms with van der Waals surface area (Å²) in [4.78, 5) is 39.5. The summed E-state index contributed by atoms with van der Waals surface area (Å²) in [5.74, 6) is -3.16. The number of anilines is 2. The Balaban J connectivity index is 1.68. The molecule has 3 amide bonds. The molecule has 2 aromatic carbocycles. The van der Waals surface area contributed by atoms with Crippen molar-refractivity contribution in [2.45, 2.75) is 58.0 Å². The number of rotatable bonds is 9. The number of carbonyl (C=O) groups is 3. The summed E-state index contributed by atoms with van der Waals surface area (Å²) in [5, 5.41) is 5.61. The number of hydrogen-bond acceptors (Lipinski definition) is 4. The molecule has 1 saturated carbocycles. The number of nitrogens with one attached hydrogen (secondary N) is 2. The van der Waals surface area contributed by atoms with E-state index in [1.165, 1.54) is 25.1 Å². The van der Waals surface area contributed by atoms with Crippen LogP contribution in [0.4, 0.5) is 15.8 Å². The van der Waals surface area contributed by atoms with E-state index in [9.17, 15) is 23.0 Å².